The van der Waals surface area contributed by atoms with Gasteiger partial charge >= 0.3 is 6.03 Å². The largest absolute Gasteiger partial charge is 0.352 e. The van der Waals surface area contributed by atoms with Gasteiger partial charge in [-0.15, -0.1) is 11.3 Å². The molecule has 0 saturated heterocycles. The molecule has 1 aromatic rings. The number of nitrogens with one attached hydrogen (secondary N) is 2. The molecule has 19 heavy (non-hydrogen) atoms. The van der Waals surface area contributed by atoms with Crippen molar-refractivity contribution in [3.8, 4) is 0 Å². The van der Waals surface area contributed by atoms with Crippen LogP contribution in [0.25, 0.3) is 0 Å². The molecule has 3 amide bonds. The number of nitrogens with two attached hydrogens (primary N) is 1. The van der Waals surface area contributed by atoms with E-state index < -0.39 is 6.03 Å². The molecule has 1 unspecified atom stereocenters. The lowest BCUT2D eigenvalue weighted by Gasteiger charge is -2.26. The van der Waals surface area contributed by atoms with Crippen LogP contribution in [0, 0.1) is 0 Å². The van der Waals surface area contributed by atoms with Gasteiger partial charge in [-0.05, 0) is 31.7 Å². The molecular formula is C13H21N3O2S. The van der Waals surface area contributed by atoms with Gasteiger partial charge in [0.1, 0.15) is 0 Å². The van der Waals surface area contributed by atoms with Crippen molar-refractivity contribution in [3.05, 3.63) is 22.4 Å². The molecular weight excluding hydrogens is 262 g/mol. The third-order valence-corrected chi connectivity index (χ3v) is 3.94. The number of urea groups is 1. The zero-order valence-corrected chi connectivity index (χ0v) is 12.3. The van der Waals surface area contributed by atoms with Gasteiger partial charge in [0.15, 0.2) is 0 Å². The van der Waals surface area contributed by atoms with Gasteiger partial charge < -0.3 is 16.4 Å². The maximum absolute atomic E-state index is 12.0. The van der Waals surface area contributed by atoms with Crippen molar-refractivity contribution < 1.29 is 9.59 Å². The van der Waals surface area contributed by atoms with Crippen molar-refractivity contribution in [2.75, 3.05) is 0 Å². The van der Waals surface area contributed by atoms with Gasteiger partial charge in [0.05, 0.1) is 12.5 Å². The monoisotopic (exact) mass is 283 g/mol. The lowest BCUT2D eigenvalue weighted by atomic mass is 10.0. The molecule has 0 spiro atoms. The normalized spacial score (nSPS) is 12.8. The average molecular weight is 283 g/mol. The summed E-state index contributed by atoms with van der Waals surface area (Å²) in [6.45, 7) is 5.94. The summed E-state index contributed by atoms with van der Waals surface area (Å²) in [5, 5.41) is 7.45. The van der Waals surface area contributed by atoms with Crippen LogP contribution in [0.15, 0.2) is 17.5 Å². The Labute approximate surface area is 117 Å². The van der Waals surface area contributed by atoms with Crippen LogP contribution in [0.3, 0.4) is 0 Å². The van der Waals surface area contributed by atoms with Gasteiger partial charge in [0, 0.05) is 10.4 Å². The van der Waals surface area contributed by atoms with Gasteiger partial charge in [-0.1, -0.05) is 13.0 Å². The Morgan fingerprint density at radius 2 is 2.16 bits per heavy atom. The van der Waals surface area contributed by atoms with E-state index in [4.69, 9.17) is 5.73 Å². The minimum Gasteiger partial charge on any atom is -0.352 e. The number of carbonyl (C=O) groups excluding carboxylic acids is 2. The molecule has 1 rings (SSSR count). The molecule has 0 saturated carbocycles. The lowest BCUT2D eigenvalue weighted by molar-refractivity contribution is -0.123. The summed E-state index contributed by atoms with van der Waals surface area (Å²) in [5.74, 6) is -0.0981. The van der Waals surface area contributed by atoms with Crippen molar-refractivity contribution in [3.63, 3.8) is 0 Å². The van der Waals surface area contributed by atoms with Crippen molar-refractivity contribution in [1.29, 1.82) is 0 Å². The minimum absolute atomic E-state index is 0.0981. The highest BCUT2D eigenvalue weighted by Crippen LogP contribution is 2.22. The average Bonchev–Trinajstić information content (AvgIpc) is 2.80. The molecule has 4 N–H and O–H groups in total. The Morgan fingerprint density at radius 1 is 1.47 bits per heavy atom. The van der Waals surface area contributed by atoms with E-state index in [-0.39, 0.29) is 23.9 Å². The van der Waals surface area contributed by atoms with Crippen molar-refractivity contribution in [2.24, 2.45) is 5.73 Å². The summed E-state index contributed by atoms with van der Waals surface area (Å²) in [6.07, 6.45) is 1.03. The van der Waals surface area contributed by atoms with Crippen LogP contribution in [0.4, 0.5) is 4.79 Å². The second-order valence-corrected chi connectivity index (χ2v) is 6.05. The van der Waals surface area contributed by atoms with Crippen molar-refractivity contribution in [2.45, 2.75) is 45.2 Å². The fourth-order valence-corrected chi connectivity index (χ4v) is 2.36. The van der Waals surface area contributed by atoms with Crippen molar-refractivity contribution >= 4 is 23.3 Å². The molecule has 0 aliphatic rings. The molecule has 0 radical (unpaired) electrons. The third kappa shape index (κ3) is 5.30. The fraction of sp³-hybridized carbons (Fsp3) is 0.538. The summed E-state index contributed by atoms with van der Waals surface area (Å²) in [6, 6.07) is 2.76. The number of carbonyl (C=O) groups is 2. The first kappa shape index (κ1) is 15.5. The van der Waals surface area contributed by atoms with E-state index in [1.165, 1.54) is 11.3 Å². The molecule has 6 heteroatoms. The number of hydrogen-bond acceptors (Lipinski definition) is 3. The van der Waals surface area contributed by atoms with Gasteiger partial charge in [-0.25, -0.2) is 4.79 Å². The number of rotatable bonds is 6. The van der Waals surface area contributed by atoms with Gasteiger partial charge in [-0.2, -0.15) is 0 Å². The summed E-state index contributed by atoms with van der Waals surface area (Å²) in [5.41, 5.74) is 4.91. The van der Waals surface area contributed by atoms with E-state index in [0.717, 1.165) is 11.3 Å². The Morgan fingerprint density at radius 3 is 2.63 bits per heavy atom. The van der Waals surface area contributed by atoms with E-state index >= 15 is 0 Å². The van der Waals surface area contributed by atoms with E-state index in [1.807, 2.05) is 38.3 Å². The quantitative estimate of drug-likeness (QED) is 0.747. The number of hydrogen-bond donors (Lipinski definition) is 3. The zero-order valence-electron chi connectivity index (χ0n) is 11.5. The maximum atomic E-state index is 12.0. The topological polar surface area (TPSA) is 84.2 Å². The van der Waals surface area contributed by atoms with E-state index in [1.54, 1.807) is 0 Å². The Bertz CT molecular complexity index is 429. The predicted octanol–water partition coefficient (Wildman–Crippen LogP) is 2.15. The third-order valence-electron chi connectivity index (χ3n) is 2.95. The van der Waals surface area contributed by atoms with Crippen LogP contribution < -0.4 is 16.4 Å². The summed E-state index contributed by atoms with van der Waals surface area (Å²) < 4.78 is 0. The second kappa shape index (κ2) is 6.56. The van der Waals surface area contributed by atoms with E-state index in [0.29, 0.717) is 0 Å². The summed E-state index contributed by atoms with van der Waals surface area (Å²) >= 11 is 1.49. The van der Waals surface area contributed by atoms with Gasteiger partial charge in [0.2, 0.25) is 5.91 Å². The zero-order chi connectivity index (χ0) is 14.5. The molecule has 0 fully saturated rings. The Hall–Kier alpha value is -1.56. The van der Waals surface area contributed by atoms with E-state index in [9.17, 15) is 9.59 Å². The smallest absolute Gasteiger partial charge is 0.312 e. The van der Waals surface area contributed by atoms with Gasteiger partial charge in [0.25, 0.3) is 0 Å². The first-order valence-corrected chi connectivity index (χ1v) is 7.12. The molecule has 5 nitrogen and oxygen atoms in total. The van der Waals surface area contributed by atoms with Crippen LogP contribution in [0.2, 0.25) is 0 Å². The predicted molar refractivity (Wildman–Crippen MR) is 76.9 cm³/mol. The summed E-state index contributed by atoms with van der Waals surface area (Å²) in [7, 11) is 0. The lowest BCUT2D eigenvalue weighted by Crippen LogP contribution is -2.44. The van der Waals surface area contributed by atoms with Crippen LogP contribution >= 0.6 is 11.3 Å². The molecule has 1 heterocycles. The maximum Gasteiger partial charge on any atom is 0.312 e. The minimum atomic E-state index is -0.624. The number of thiophene rings is 1. The first-order valence-electron chi connectivity index (χ1n) is 6.24. The number of primary amides is 1. The summed E-state index contributed by atoms with van der Waals surface area (Å²) in [4.78, 5) is 23.9. The van der Waals surface area contributed by atoms with Crippen LogP contribution in [0.1, 0.15) is 44.5 Å². The molecule has 1 aromatic heterocycles. The van der Waals surface area contributed by atoms with Crippen molar-refractivity contribution in [1.82, 2.24) is 10.6 Å². The first-order chi connectivity index (χ1) is 8.84. The Kier molecular flexibility index (Phi) is 5.35. The molecule has 0 bridgehead atoms. The highest BCUT2D eigenvalue weighted by Gasteiger charge is 2.22. The van der Waals surface area contributed by atoms with E-state index in [2.05, 4.69) is 10.6 Å². The highest BCUT2D eigenvalue weighted by molar-refractivity contribution is 7.10. The molecule has 0 aliphatic carbocycles. The molecule has 0 aliphatic heterocycles. The van der Waals surface area contributed by atoms with Crippen LogP contribution in [-0.2, 0) is 4.79 Å². The van der Waals surface area contributed by atoms with Gasteiger partial charge in [-0.3, -0.25) is 4.79 Å². The molecule has 0 aromatic carbocycles. The SMILES string of the molecule is CCC(C)(C)NC(=O)CC(NC(N)=O)c1cccs1. The number of amides is 3. The van der Waals surface area contributed by atoms with Crippen LogP contribution in [-0.4, -0.2) is 17.5 Å². The molecule has 106 valence electrons. The second-order valence-electron chi connectivity index (χ2n) is 5.07. The standard InChI is InChI=1S/C13H21N3O2S/c1-4-13(2,3)16-11(17)8-9(15-12(14)18)10-6-5-7-19-10/h5-7,9H,4,8H2,1-3H3,(H,16,17)(H3,14,15,18). The van der Waals surface area contributed by atoms with Crippen LogP contribution in [0.5, 0.6) is 0 Å². The molecule has 1 atom stereocenters. The Balaban J connectivity index is 2.68. The fourth-order valence-electron chi connectivity index (χ4n) is 1.59. The highest BCUT2D eigenvalue weighted by atomic mass is 32.1.